The summed E-state index contributed by atoms with van der Waals surface area (Å²) in [6, 6.07) is 7.72. The van der Waals surface area contributed by atoms with E-state index in [1.54, 1.807) is 0 Å². The fourth-order valence-corrected chi connectivity index (χ4v) is 1.76. The number of benzene rings is 1. The molecule has 1 aliphatic carbocycles. The van der Waals surface area contributed by atoms with Gasteiger partial charge in [-0.2, -0.15) is 0 Å². The molecule has 0 bridgehead atoms. The molecule has 3 nitrogen and oxygen atoms in total. The van der Waals surface area contributed by atoms with Gasteiger partial charge >= 0.3 is 0 Å². The van der Waals surface area contributed by atoms with Crippen LogP contribution in [-0.2, 0) is 4.74 Å². The van der Waals surface area contributed by atoms with Crippen molar-refractivity contribution in [3.63, 3.8) is 0 Å². The number of ether oxygens (including phenoxy) is 2. The molecule has 1 fully saturated rings. The van der Waals surface area contributed by atoms with E-state index in [9.17, 15) is 0 Å². The summed E-state index contributed by atoms with van der Waals surface area (Å²) < 4.78 is 11.1. The standard InChI is InChI=1S/C16H21NO2/c17-10-1-2-14-5-7-16(8-6-14)19-13-12-18-11-9-15-3-4-15/h5-8,15H,3-4,9-13,17H2. The van der Waals surface area contributed by atoms with Crippen LogP contribution in [0.2, 0.25) is 0 Å². The largest absolute Gasteiger partial charge is 0.491 e. The van der Waals surface area contributed by atoms with Crippen LogP contribution in [0.3, 0.4) is 0 Å². The van der Waals surface area contributed by atoms with Crippen LogP contribution in [0.15, 0.2) is 24.3 Å². The second-order valence-electron chi connectivity index (χ2n) is 4.72. The Morgan fingerprint density at radius 3 is 2.58 bits per heavy atom. The Morgan fingerprint density at radius 1 is 1.11 bits per heavy atom. The molecule has 1 aromatic rings. The van der Waals surface area contributed by atoms with Crippen molar-refractivity contribution in [2.75, 3.05) is 26.4 Å². The Kier molecular flexibility index (Phi) is 5.74. The van der Waals surface area contributed by atoms with Gasteiger partial charge in [0.1, 0.15) is 12.4 Å². The lowest BCUT2D eigenvalue weighted by atomic mass is 10.2. The first-order chi connectivity index (χ1) is 9.38. The molecular formula is C16H21NO2. The predicted molar refractivity (Wildman–Crippen MR) is 76.0 cm³/mol. The summed E-state index contributed by atoms with van der Waals surface area (Å²) in [5.41, 5.74) is 6.28. The molecule has 0 heterocycles. The summed E-state index contributed by atoms with van der Waals surface area (Å²) in [5.74, 6) is 7.58. The molecule has 102 valence electrons. The third-order valence-electron chi connectivity index (χ3n) is 3.05. The van der Waals surface area contributed by atoms with Crippen LogP contribution in [0.5, 0.6) is 5.75 Å². The molecule has 0 atom stereocenters. The molecular weight excluding hydrogens is 238 g/mol. The number of nitrogens with two attached hydrogens (primary N) is 1. The monoisotopic (exact) mass is 259 g/mol. The minimum atomic E-state index is 0.385. The molecule has 0 aliphatic heterocycles. The fourth-order valence-electron chi connectivity index (χ4n) is 1.76. The van der Waals surface area contributed by atoms with Crippen LogP contribution < -0.4 is 10.5 Å². The molecule has 1 saturated carbocycles. The second kappa shape index (κ2) is 7.83. The minimum Gasteiger partial charge on any atom is -0.491 e. The minimum absolute atomic E-state index is 0.385. The van der Waals surface area contributed by atoms with Crippen molar-refractivity contribution < 1.29 is 9.47 Å². The van der Waals surface area contributed by atoms with E-state index in [-0.39, 0.29) is 0 Å². The van der Waals surface area contributed by atoms with E-state index in [1.807, 2.05) is 24.3 Å². The summed E-state index contributed by atoms with van der Waals surface area (Å²) in [7, 11) is 0. The second-order valence-corrected chi connectivity index (χ2v) is 4.72. The van der Waals surface area contributed by atoms with Crippen LogP contribution in [0.25, 0.3) is 0 Å². The zero-order chi connectivity index (χ0) is 13.3. The molecule has 19 heavy (non-hydrogen) atoms. The molecule has 0 unspecified atom stereocenters. The molecule has 3 heteroatoms. The van der Waals surface area contributed by atoms with E-state index in [1.165, 1.54) is 19.3 Å². The quantitative estimate of drug-likeness (QED) is 0.603. The van der Waals surface area contributed by atoms with Gasteiger partial charge in [-0.05, 0) is 36.6 Å². The summed E-state index contributed by atoms with van der Waals surface area (Å²) in [6.45, 7) is 2.50. The molecule has 2 rings (SSSR count). The van der Waals surface area contributed by atoms with E-state index >= 15 is 0 Å². The Morgan fingerprint density at radius 2 is 1.89 bits per heavy atom. The summed E-state index contributed by atoms with van der Waals surface area (Å²) >= 11 is 0. The van der Waals surface area contributed by atoms with Gasteiger partial charge in [-0.1, -0.05) is 24.7 Å². The normalized spacial score (nSPS) is 13.7. The molecule has 0 amide bonds. The van der Waals surface area contributed by atoms with Crippen LogP contribution in [0.1, 0.15) is 24.8 Å². The zero-order valence-corrected chi connectivity index (χ0v) is 11.2. The van der Waals surface area contributed by atoms with Gasteiger partial charge < -0.3 is 15.2 Å². The maximum atomic E-state index is 5.59. The highest BCUT2D eigenvalue weighted by atomic mass is 16.5. The van der Waals surface area contributed by atoms with Crippen molar-refractivity contribution in [1.82, 2.24) is 0 Å². The number of hydrogen-bond acceptors (Lipinski definition) is 3. The number of hydrogen-bond donors (Lipinski definition) is 1. The third-order valence-corrected chi connectivity index (χ3v) is 3.05. The van der Waals surface area contributed by atoms with Gasteiger partial charge in [-0.25, -0.2) is 0 Å². The van der Waals surface area contributed by atoms with Gasteiger partial charge in [0.05, 0.1) is 13.2 Å². The van der Waals surface area contributed by atoms with Gasteiger partial charge in [0.15, 0.2) is 0 Å². The number of rotatable bonds is 7. The molecule has 1 aromatic carbocycles. The molecule has 0 radical (unpaired) electrons. The van der Waals surface area contributed by atoms with Crippen molar-refractivity contribution in [3.05, 3.63) is 29.8 Å². The Labute approximate surface area is 115 Å². The van der Waals surface area contributed by atoms with E-state index in [0.717, 1.165) is 23.8 Å². The van der Waals surface area contributed by atoms with Crippen LogP contribution in [0, 0.1) is 17.8 Å². The molecule has 1 aliphatic rings. The van der Waals surface area contributed by atoms with Crippen molar-refractivity contribution in [2.24, 2.45) is 11.7 Å². The predicted octanol–water partition coefficient (Wildman–Crippen LogP) is 2.19. The SMILES string of the molecule is NCC#Cc1ccc(OCCOCCC2CC2)cc1. The lowest BCUT2D eigenvalue weighted by molar-refractivity contribution is 0.0958. The Balaban J connectivity index is 1.59. The summed E-state index contributed by atoms with van der Waals surface area (Å²) in [6.07, 6.45) is 3.98. The lowest BCUT2D eigenvalue weighted by Crippen LogP contribution is -2.07. The van der Waals surface area contributed by atoms with Gasteiger partial charge in [0, 0.05) is 12.2 Å². The van der Waals surface area contributed by atoms with Crippen molar-refractivity contribution in [3.8, 4) is 17.6 Å². The van der Waals surface area contributed by atoms with Crippen molar-refractivity contribution in [1.29, 1.82) is 0 Å². The van der Waals surface area contributed by atoms with E-state index in [4.69, 9.17) is 15.2 Å². The fraction of sp³-hybridized carbons (Fsp3) is 0.500. The van der Waals surface area contributed by atoms with E-state index in [2.05, 4.69) is 11.8 Å². The maximum absolute atomic E-state index is 5.59. The van der Waals surface area contributed by atoms with Crippen LogP contribution in [0.4, 0.5) is 0 Å². The van der Waals surface area contributed by atoms with Gasteiger partial charge in [-0.15, -0.1) is 0 Å². The zero-order valence-electron chi connectivity index (χ0n) is 11.2. The summed E-state index contributed by atoms with van der Waals surface area (Å²) in [5, 5.41) is 0. The van der Waals surface area contributed by atoms with Crippen molar-refractivity contribution in [2.45, 2.75) is 19.3 Å². The first kappa shape index (κ1) is 13.9. The average Bonchev–Trinajstić information content (AvgIpc) is 3.26. The third kappa shape index (κ3) is 5.78. The Bertz CT molecular complexity index is 426. The highest BCUT2D eigenvalue weighted by molar-refractivity contribution is 5.38. The molecule has 0 aromatic heterocycles. The molecule has 0 saturated heterocycles. The highest BCUT2D eigenvalue weighted by Crippen LogP contribution is 2.31. The first-order valence-corrected chi connectivity index (χ1v) is 6.88. The molecule has 2 N–H and O–H groups in total. The Hall–Kier alpha value is -1.50. The van der Waals surface area contributed by atoms with Crippen LogP contribution in [-0.4, -0.2) is 26.4 Å². The smallest absolute Gasteiger partial charge is 0.119 e. The van der Waals surface area contributed by atoms with E-state index < -0.39 is 0 Å². The van der Waals surface area contributed by atoms with Gasteiger partial charge in [0.2, 0.25) is 0 Å². The van der Waals surface area contributed by atoms with Gasteiger partial charge in [0.25, 0.3) is 0 Å². The average molecular weight is 259 g/mol. The van der Waals surface area contributed by atoms with Crippen molar-refractivity contribution >= 4 is 0 Å². The highest BCUT2D eigenvalue weighted by Gasteiger charge is 2.20. The molecule has 0 spiro atoms. The lowest BCUT2D eigenvalue weighted by Gasteiger charge is -2.07. The topological polar surface area (TPSA) is 44.5 Å². The van der Waals surface area contributed by atoms with Crippen LogP contribution >= 0.6 is 0 Å². The maximum Gasteiger partial charge on any atom is 0.119 e. The van der Waals surface area contributed by atoms with E-state index in [0.29, 0.717) is 19.8 Å². The summed E-state index contributed by atoms with van der Waals surface area (Å²) in [4.78, 5) is 0. The van der Waals surface area contributed by atoms with Gasteiger partial charge in [-0.3, -0.25) is 0 Å². The first-order valence-electron chi connectivity index (χ1n) is 6.88.